The number of carbonyl (C=O) groups is 2. The Morgan fingerprint density at radius 1 is 1.17 bits per heavy atom. The fraction of sp³-hybridized carbons (Fsp3) is 0.579. The smallest absolute Gasteiger partial charge is 0.245 e. The molecule has 2 rings (SSSR count). The highest BCUT2D eigenvalue weighted by molar-refractivity contribution is 5.87. The number of piperidine rings is 1. The maximum absolute atomic E-state index is 12.7. The van der Waals surface area contributed by atoms with E-state index in [1.807, 2.05) is 49.1 Å². The maximum Gasteiger partial charge on any atom is 0.245 e. The number of carbonyl (C=O) groups excluding carboxylic acids is 2. The first-order chi connectivity index (χ1) is 11.4. The van der Waals surface area contributed by atoms with Gasteiger partial charge in [0.05, 0.1) is 6.10 Å². The first-order valence-corrected chi connectivity index (χ1v) is 8.69. The van der Waals surface area contributed by atoms with Crippen molar-refractivity contribution in [3.63, 3.8) is 0 Å². The van der Waals surface area contributed by atoms with Crippen molar-refractivity contribution in [3.05, 3.63) is 35.9 Å². The molecule has 1 aromatic carbocycles. The molecule has 2 atom stereocenters. The molecule has 132 valence electrons. The Morgan fingerprint density at radius 3 is 2.25 bits per heavy atom. The number of nitrogens with zero attached hydrogens (tertiary/aromatic N) is 1. The summed E-state index contributed by atoms with van der Waals surface area (Å²) in [5, 5.41) is 13.3. The van der Waals surface area contributed by atoms with Gasteiger partial charge in [0.1, 0.15) is 6.04 Å². The van der Waals surface area contributed by atoms with Crippen molar-refractivity contribution < 1.29 is 14.7 Å². The lowest BCUT2D eigenvalue weighted by atomic mass is 9.87. The number of hydrogen-bond donors (Lipinski definition) is 2. The molecule has 1 aliphatic heterocycles. The van der Waals surface area contributed by atoms with Crippen LogP contribution >= 0.6 is 0 Å². The van der Waals surface area contributed by atoms with Crippen LogP contribution in [0.25, 0.3) is 0 Å². The van der Waals surface area contributed by atoms with Crippen LogP contribution in [0.4, 0.5) is 0 Å². The van der Waals surface area contributed by atoms with E-state index >= 15 is 0 Å². The van der Waals surface area contributed by atoms with Crippen LogP contribution in [0.3, 0.4) is 0 Å². The van der Waals surface area contributed by atoms with E-state index in [1.165, 1.54) is 6.92 Å². The first kappa shape index (κ1) is 18.5. The minimum absolute atomic E-state index is 0.0205. The third-order valence-electron chi connectivity index (χ3n) is 4.73. The average molecular weight is 332 g/mol. The number of likely N-dealkylation sites (tertiary alicyclic amines) is 1. The van der Waals surface area contributed by atoms with Gasteiger partial charge in [-0.2, -0.15) is 0 Å². The van der Waals surface area contributed by atoms with Crippen molar-refractivity contribution in [2.45, 2.75) is 45.8 Å². The summed E-state index contributed by atoms with van der Waals surface area (Å²) >= 11 is 0. The van der Waals surface area contributed by atoms with E-state index in [0.717, 1.165) is 18.4 Å². The molecule has 0 saturated carbocycles. The van der Waals surface area contributed by atoms with Gasteiger partial charge < -0.3 is 15.3 Å². The molecule has 0 spiro atoms. The highest BCUT2D eigenvalue weighted by atomic mass is 16.3. The molecule has 1 saturated heterocycles. The highest BCUT2D eigenvalue weighted by Gasteiger charge is 2.32. The van der Waals surface area contributed by atoms with Gasteiger partial charge in [-0.05, 0) is 30.2 Å². The molecule has 0 bridgehead atoms. The second kappa shape index (κ2) is 8.29. The second-order valence-electron chi connectivity index (χ2n) is 6.94. The van der Waals surface area contributed by atoms with Crippen molar-refractivity contribution in [1.82, 2.24) is 10.2 Å². The van der Waals surface area contributed by atoms with E-state index in [4.69, 9.17) is 0 Å². The SMILES string of the molecule is CC(=O)N[C@@H](C(=O)N1CCC([C@@H](O)c2ccccc2)CC1)C(C)C. The Hall–Kier alpha value is -1.88. The summed E-state index contributed by atoms with van der Waals surface area (Å²) in [6.07, 6.45) is 1.05. The molecule has 0 aliphatic carbocycles. The second-order valence-corrected chi connectivity index (χ2v) is 6.94. The van der Waals surface area contributed by atoms with Gasteiger partial charge in [0.25, 0.3) is 0 Å². The molecule has 5 nitrogen and oxygen atoms in total. The summed E-state index contributed by atoms with van der Waals surface area (Å²) < 4.78 is 0. The molecule has 24 heavy (non-hydrogen) atoms. The van der Waals surface area contributed by atoms with Crippen molar-refractivity contribution in [2.24, 2.45) is 11.8 Å². The van der Waals surface area contributed by atoms with Crippen molar-refractivity contribution >= 4 is 11.8 Å². The Balaban J connectivity index is 1.94. The fourth-order valence-corrected chi connectivity index (χ4v) is 3.29. The van der Waals surface area contributed by atoms with Gasteiger partial charge >= 0.3 is 0 Å². The predicted octanol–water partition coefficient (Wildman–Crippen LogP) is 2.12. The van der Waals surface area contributed by atoms with E-state index in [1.54, 1.807) is 0 Å². The molecule has 0 unspecified atom stereocenters. The maximum atomic E-state index is 12.7. The van der Waals surface area contributed by atoms with Crippen LogP contribution in [0.1, 0.15) is 45.3 Å². The summed E-state index contributed by atoms with van der Waals surface area (Å²) in [5.41, 5.74) is 0.931. The highest BCUT2D eigenvalue weighted by Crippen LogP contribution is 2.30. The number of benzene rings is 1. The summed E-state index contributed by atoms with van der Waals surface area (Å²) in [6, 6.07) is 9.20. The van der Waals surface area contributed by atoms with Crippen molar-refractivity contribution in [2.75, 3.05) is 13.1 Å². The first-order valence-electron chi connectivity index (χ1n) is 8.69. The van der Waals surface area contributed by atoms with Gasteiger partial charge in [0.2, 0.25) is 11.8 Å². The zero-order valence-electron chi connectivity index (χ0n) is 14.7. The quantitative estimate of drug-likeness (QED) is 0.868. The number of hydrogen-bond acceptors (Lipinski definition) is 3. The molecule has 1 heterocycles. The van der Waals surface area contributed by atoms with Crippen LogP contribution in [0.5, 0.6) is 0 Å². The van der Waals surface area contributed by atoms with Crippen LogP contribution in [-0.2, 0) is 9.59 Å². The van der Waals surface area contributed by atoms with E-state index in [-0.39, 0.29) is 23.7 Å². The number of amides is 2. The van der Waals surface area contributed by atoms with Crippen LogP contribution in [0.15, 0.2) is 30.3 Å². The molecule has 0 radical (unpaired) electrons. The predicted molar refractivity (Wildman–Crippen MR) is 93.1 cm³/mol. The van der Waals surface area contributed by atoms with Gasteiger partial charge in [0, 0.05) is 20.0 Å². The molecule has 0 aromatic heterocycles. The van der Waals surface area contributed by atoms with Crippen LogP contribution in [0.2, 0.25) is 0 Å². The van der Waals surface area contributed by atoms with Gasteiger partial charge in [-0.25, -0.2) is 0 Å². The topological polar surface area (TPSA) is 69.6 Å². The molecular formula is C19H28N2O3. The lowest BCUT2D eigenvalue weighted by Crippen LogP contribution is -2.52. The monoisotopic (exact) mass is 332 g/mol. The Morgan fingerprint density at radius 2 is 1.75 bits per heavy atom. The van der Waals surface area contributed by atoms with E-state index in [9.17, 15) is 14.7 Å². The van der Waals surface area contributed by atoms with Gasteiger partial charge in [-0.15, -0.1) is 0 Å². The average Bonchev–Trinajstić information content (AvgIpc) is 2.59. The largest absolute Gasteiger partial charge is 0.388 e. The Kier molecular flexibility index (Phi) is 6.37. The third kappa shape index (κ3) is 4.57. The molecule has 1 fully saturated rings. The van der Waals surface area contributed by atoms with E-state index < -0.39 is 12.1 Å². The molecule has 1 aromatic rings. The lowest BCUT2D eigenvalue weighted by molar-refractivity contribution is -0.139. The Labute approximate surface area is 144 Å². The van der Waals surface area contributed by atoms with Crippen molar-refractivity contribution in [3.8, 4) is 0 Å². The van der Waals surface area contributed by atoms with E-state index in [2.05, 4.69) is 5.32 Å². The summed E-state index contributed by atoms with van der Waals surface area (Å²) in [7, 11) is 0. The number of aliphatic hydroxyl groups excluding tert-OH is 1. The number of nitrogens with one attached hydrogen (secondary N) is 1. The normalized spacial score (nSPS) is 18.3. The lowest BCUT2D eigenvalue weighted by Gasteiger charge is -2.37. The molecule has 5 heteroatoms. The van der Waals surface area contributed by atoms with Crippen LogP contribution in [-0.4, -0.2) is 41.0 Å². The molecule has 2 N–H and O–H groups in total. The fourth-order valence-electron chi connectivity index (χ4n) is 3.29. The number of aliphatic hydroxyl groups is 1. The zero-order chi connectivity index (χ0) is 17.7. The molecular weight excluding hydrogens is 304 g/mol. The van der Waals surface area contributed by atoms with Gasteiger partial charge in [0.15, 0.2) is 0 Å². The number of rotatable bonds is 5. The van der Waals surface area contributed by atoms with Crippen molar-refractivity contribution in [1.29, 1.82) is 0 Å². The van der Waals surface area contributed by atoms with Gasteiger partial charge in [-0.1, -0.05) is 44.2 Å². The summed E-state index contributed by atoms with van der Waals surface area (Å²) in [5.74, 6) is 0.00744. The Bertz CT molecular complexity index is 551. The standard InChI is InChI=1S/C19H28N2O3/c1-13(2)17(20-14(3)22)19(24)21-11-9-16(10-12-21)18(23)15-7-5-4-6-8-15/h4-8,13,16-18,23H,9-12H2,1-3H3,(H,20,22)/t17-,18+/m1/s1. The van der Waals surface area contributed by atoms with E-state index in [0.29, 0.717) is 13.1 Å². The zero-order valence-corrected chi connectivity index (χ0v) is 14.7. The summed E-state index contributed by atoms with van der Waals surface area (Å²) in [6.45, 7) is 6.55. The molecule has 1 aliphatic rings. The third-order valence-corrected chi connectivity index (χ3v) is 4.73. The molecule has 2 amide bonds. The minimum atomic E-state index is -0.486. The van der Waals surface area contributed by atoms with Crippen LogP contribution in [0, 0.1) is 11.8 Å². The van der Waals surface area contributed by atoms with Crippen LogP contribution < -0.4 is 5.32 Å². The minimum Gasteiger partial charge on any atom is -0.388 e. The summed E-state index contributed by atoms with van der Waals surface area (Å²) in [4.78, 5) is 25.8. The van der Waals surface area contributed by atoms with Gasteiger partial charge in [-0.3, -0.25) is 9.59 Å².